The monoisotopic (exact) mass is 491 g/mol. The van der Waals surface area contributed by atoms with Gasteiger partial charge in [-0.25, -0.2) is 9.07 Å². The predicted molar refractivity (Wildman–Crippen MR) is 132 cm³/mol. The van der Waals surface area contributed by atoms with E-state index in [0.717, 1.165) is 0 Å². The molecular formula is C27H26FN3O5. The Morgan fingerprint density at radius 3 is 2.47 bits per heavy atom. The summed E-state index contributed by atoms with van der Waals surface area (Å²) in [6, 6.07) is 18.6. The number of hydrogen-bond donors (Lipinski definition) is 1. The fraction of sp³-hybridized carbons (Fsp3) is 0.222. The van der Waals surface area contributed by atoms with E-state index in [9.17, 15) is 18.8 Å². The van der Waals surface area contributed by atoms with Crippen LogP contribution in [0.5, 0.6) is 0 Å². The second-order valence-electron chi connectivity index (χ2n) is 8.30. The number of rotatable bonds is 8. The number of nitrogens with zero attached hydrogens (tertiary/aromatic N) is 2. The molecule has 2 aromatic heterocycles. The summed E-state index contributed by atoms with van der Waals surface area (Å²) in [5, 5.41) is 2.59. The van der Waals surface area contributed by atoms with Crippen molar-refractivity contribution in [1.29, 1.82) is 0 Å². The Morgan fingerprint density at radius 1 is 1.06 bits per heavy atom. The van der Waals surface area contributed by atoms with E-state index in [0.29, 0.717) is 28.5 Å². The van der Waals surface area contributed by atoms with Gasteiger partial charge in [0.05, 0.1) is 23.4 Å². The minimum absolute atomic E-state index is 0.0347. The first-order chi connectivity index (χ1) is 17.3. The molecule has 0 radical (unpaired) electrons. The van der Waals surface area contributed by atoms with Gasteiger partial charge in [-0.3, -0.25) is 19.1 Å². The van der Waals surface area contributed by atoms with Crippen LogP contribution in [0.1, 0.15) is 24.8 Å². The van der Waals surface area contributed by atoms with Crippen LogP contribution in [0.4, 0.5) is 10.1 Å². The number of halogens is 1. The van der Waals surface area contributed by atoms with Gasteiger partial charge in [0, 0.05) is 13.5 Å². The maximum absolute atomic E-state index is 13.9. The molecule has 4 aromatic rings. The maximum Gasteiger partial charge on any atom is 0.307 e. The summed E-state index contributed by atoms with van der Waals surface area (Å²) in [5.41, 5.74) is 1.27. The van der Waals surface area contributed by atoms with Gasteiger partial charge < -0.3 is 14.5 Å². The number of ether oxygens (including phenoxy) is 1. The molecule has 1 atom stereocenters. The van der Waals surface area contributed by atoms with Crippen LogP contribution in [-0.4, -0.2) is 27.3 Å². The minimum Gasteiger partial charge on any atom is -0.461 e. The van der Waals surface area contributed by atoms with Crippen molar-refractivity contribution in [3.05, 3.63) is 94.4 Å². The quantitative estimate of drug-likeness (QED) is 0.369. The van der Waals surface area contributed by atoms with Crippen LogP contribution in [0.3, 0.4) is 0 Å². The van der Waals surface area contributed by atoms with Crippen LogP contribution in [0, 0.1) is 12.7 Å². The van der Waals surface area contributed by atoms with Gasteiger partial charge in [0.2, 0.25) is 0 Å². The Balaban J connectivity index is 1.35. The topological polar surface area (TPSA) is 95.5 Å². The van der Waals surface area contributed by atoms with Crippen molar-refractivity contribution in [2.45, 2.75) is 32.8 Å². The number of benzene rings is 2. The second kappa shape index (κ2) is 10.5. The van der Waals surface area contributed by atoms with E-state index in [4.69, 9.17) is 9.15 Å². The molecule has 0 aliphatic carbocycles. The number of hydrogen-bond acceptors (Lipinski definition) is 5. The number of carbonyl (C=O) groups excluding carboxylic acids is 2. The smallest absolute Gasteiger partial charge is 0.307 e. The Labute approximate surface area is 206 Å². The van der Waals surface area contributed by atoms with Gasteiger partial charge in [0.1, 0.15) is 23.0 Å². The number of aryl methyl sites for hydroxylation is 1. The summed E-state index contributed by atoms with van der Waals surface area (Å²) < 4.78 is 27.9. The van der Waals surface area contributed by atoms with E-state index in [1.807, 2.05) is 18.2 Å². The Kier molecular flexibility index (Phi) is 7.19. The van der Waals surface area contributed by atoms with Crippen LogP contribution in [-0.2, 0) is 27.8 Å². The zero-order valence-corrected chi connectivity index (χ0v) is 20.2. The summed E-state index contributed by atoms with van der Waals surface area (Å²) in [6.07, 6.45) is -0.930. The van der Waals surface area contributed by atoms with E-state index in [1.165, 1.54) is 17.7 Å². The number of amides is 1. The molecule has 8 nitrogen and oxygen atoms in total. The lowest BCUT2D eigenvalue weighted by Crippen LogP contribution is -2.32. The number of nitrogens with one attached hydrogen (secondary N) is 1. The van der Waals surface area contributed by atoms with Crippen LogP contribution in [0.15, 0.2) is 75.9 Å². The van der Waals surface area contributed by atoms with E-state index in [2.05, 4.69) is 5.32 Å². The van der Waals surface area contributed by atoms with Crippen molar-refractivity contribution >= 4 is 17.6 Å². The van der Waals surface area contributed by atoms with Gasteiger partial charge in [-0.05, 0) is 50.2 Å². The molecule has 1 unspecified atom stereocenters. The fourth-order valence-corrected chi connectivity index (χ4v) is 3.79. The second-order valence-corrected chi connectivity index (χ2v) is 8.30. The van der Waals surface area contributed by atoms with Crippen LogP contribution in [0.2, 0.25) is 0 Å². The Morgan fingerprint density at radius 2 is 1.75 bits per heavy atom. The molecule has 0 spiro atoms. The van der Waals surface area contributed by atoms with Crippen molar-refractivity contribution in [3.8, 4) is 17.0 Å². The first-order valence-electron chi connectivity index (χ1n) is 11.4. The summed E-state index contributed by atoms with van der Waals surface area (Å²) >= 11 is 0. The van der Waals surface area contributed by atoms with Crippen LogP contribution in [0.25, 0.3) is 17.0 Å². The summed E-state index contributed by atoms with van der Waals surface area (Å²) in [4.78, 5) is 38.0. The Hall–Kier alpha value is -4.40. The highest BCUT2D eigenvalue weighted by molar-refractivity contribution is 5.95. The number of para-hydroxylation sites is 1. The van der Waals surface area contributed by atoms with Crippen molar-refractivity contribution in [1.82, 2.24) is 9.36 Å². The predicted octanol–water partition coefficient (Wildman–Crippen LogP) is 4.39. The normalized spacial score (nSPS) is 11.8. The third-order valence-electron chi connectivity index (χ3n) is 5.86. The van der Waals surface area contributed by atoms with Crippen molar-refractivity contribution in [2.24, 2.45) is 7.05 Å². The average molecular weight is 492 g/mol. The lowest BCUT2D eigenvalue weighted by molar-refractivity contribution is -0.153. The first kappa shape index (κ1) is 24.7. The number of furan rings is 1. The highest BCUT2D eigenvalue weighted by Gasteiger charge is 2.23. The molecule has 0 fully saturated rings. The molecule has 9 heteroatoms. The first-order valence-corrected chi connectivity index (χ1v) is 11.4. The standard InChI is InChI=1S/C27H26FN3O5/c1-17-25(27(34)31(30(17)3)19-9-5-4-6-10-19)29-26(33)18(2)35-24(32)16-14-20-13-15-23(36-20)21-11-7-8-12-22(21)28/h4-13,15,18H,14,16H2,1-3H3,(H,29,33). The molecule has 0 saturated heterocycles. The Bertz CT molecular complexity index is 1450. The highest BCUT2D eigenvalue weighted by atomic mass is 19.1. The van der Waals surface area contributed by atoms with Crippen LogP contribution >= 0.6 is 0 Å². The molecule has 36 heavy (non-hydrogen) atoms. The van der Waals surface area contributed by atoms with Crippen molar-refractivity contribution in [3.63, 3.8) is 0 Å². The largest absolute Gasteiger partial charge is 0.461 e. The average Bonchev–Trinajstić information content (AvgIpc) is 3.42. The molecule has 2 heterocycles. The number of carbonyl (C=O) groups is 2. The van der Waals surface area contributed by atoms with E-state index < -0.39 is 29.4 Å². The molecule has 1 amide bonds. The van der Waals surface area contributed by atoms with Crippen LogP contribution < -0.4 is 10.9 Å². The molecular weight excluding hydrogens is 465 g/mol. The van der Waals surface area contributed by atoms with E-state index in [-0.39, 0.29) is 18.5 Å². The lowest BCUT2D eigenvalue weighted by atomic mass is 10.1. The molecule has 0 aliphatic rings. The summed E-state index contributed by atoms with van der Waals surface area (Å²) in [6.45, 7) is 3.15. The lowest BCUT2D eigenvalue weighted by Gasteiger charge is -2.12. The molecule has 4 rings (SSSR count). The summed E-state index contributed by atoms with van der Waals surface area (Å²) in [7, 11) is 1.72. The van der Waals surface area contributed by atoms with Crippen molar-refractivity contribution < 1.29 is 23.1 Å². The minimum atomic E-state index is -1.12. The van der Waals surface area contributed by atoms with Gasteiger partial charge in [0.25, 0.3) is 11.5 Å². The fourth-order valence-electron chi connectivity index (χ4n) is 3.79. The third kappa shape index (κ3) is 5.14. The van der Waals surface area contributed by atoms with Gasteiger partial charge in [-0.1, -0.05) is 30.3 Å². The summed E-state index contributed by atoms with van der Waals surface area (Å²) in [5.74, 6) is -0.767. The van der Waals surface area contributed by atoms with Crippen molar-refractivity contribution in [2.75, 3.05) is 5.32 Å². The number of esters is 1. The van der Waals surface area contributed by atoms with Gasteiger partial charge >= 0.3 is 5.97 Å². The third-order valence-corrected chi connectivity index (χ3v) is 5.86. The molecule has 1 N–H and O–H groups in total. The molecule has 186 valence electrons. The molecule has 2 aromatic carbocycles. The van der Waals surface area contributed by atoms with Gasteiger partial charge in [0.15, 0.2) is 6.10 Å². The maximum atomic E-state index is 13.9. The SMILES string of the molecule is Cc1c(NC(=O)C(C)OC(=O)CCc2ccc(-c3ccccc3F)o2)c(=O)n(-c2ccccc2)n1C. The van der Waals surface area contributed by atoms with Gasteiger partial charge in [-0.2, -0.15) is 0 Å². The number of anilines is 1. The van der Waals surface area contributed by atoms with E-state index in [1.54, 1.807) is 61.1 Å². The molecule has 0 saturated carbocycles. The van der Waals surface area contributed by atoms with Gasteiger partial charge in [-0.15, -0.1) is 0 Å². The zero-order chi connectivity index (χ0) is 25.8. The number of aromatic nitrogens is 2. The highest BCUT2D eigenvalue weighted by Crippen LogP contribution is 2.25. The molecule has 0 bridgehead atoms. The van der Waals surface area contributed by atoms with E-state index >= 15 is 0 Å². The molecule has 0 aliphatic heterocycles. The zero-order valence-electron chi connectivity index (χ0n) is 20.2.